The van der Waals surface area contributed by atoms with Gasteiger partial charge in [-0.25, -0.2) is 9.59 Å². The predicted molar refractivity (Wildman–Crippen MR) is 77.0 cm³/mol. The van der Waals surface area contributed by atoms with E-state index in [-0.39, 0.29) is 17.3 Å². The van der Waals surface area contributed by atoms with Crippen molar-refractivity contribution >= 4 is 17.7 Å². The smallest absolute Gasteiger partial charge is 0.407 e. The molecule has 1 aromatic carbocycles. The summed E-state index contributed by atoms with van der Waals surface area (Å²) in [4.78, 5) is 24.6. The lowest BCUT2D eigenvalue weighted by atomic mass is 10.1. The van der Waals surface area contributed by atoms with Crippen molar-refractivity contribution in [2.75, 3.05) is 25.9 Å². The van der Waals surface area contributed by atoms with E-state index < -0.39 is 12.1 Å². The zero-order valence-corrected chi connectivity index (χ0v) is 11.8. The minimum absolute atomic E-state index is 0.0202. The Labute approximate surface area is 122 Å². The predicted octanol–water partition coefficient (Wildman–Crippen LogP) is 0.897. The molecule has 0 spiro atoms. The van der Waals surface area contributed by atoms with Gasteiger partial charge in [-0.2, -0.15) is 0 Å². The molecule has 1 aliphatic rings. The average molecular weight is 293 g/mol. The zero-order valence-electron chi connectivity index (χ0n) is 11.8. The van der Waals surface area contributed by atoms with Crippen molar-refractivity contribution in [2.45, 2.75) is 19.0 Å². The normalized spacial score (nSPS) is 18.4. The number of nitrogens with zero attached hydrogens (tertiary/aromatic N) is 1. The van der Waals surface area contributed by atoms with E-state index in [9.17, 15) is 14.7 Å². The zero-order chi connectivity index (χ0) is 15.4. The number of alkyl carbamates (subject to hydrolysis) is 1. The fourth-order valence-electron chi connectivity index (χ4n) is 2.57. The van der Waals surface area contributed by atoms with Gasteiger partial charge in [0.2, 0.25) is 0 Å². The summed E-state index contributed by atoms with van der Waals surface area (Å²) < 4.78 is 4.57. The van der Waals surface area contributed by atoms with Crippen molar-refractivity contribution in [1.29, 1.82) is 0 Å². The van der Waals surface area contributed by atoms with Crippen molar-refractivity contribution in [3.63, 3.8) is 0 Å². The number of carboxylic acids is 1. The van der Waals surface area contributed by atoms with Gasteiger partial charge in [-0.3, -0.25) is 4.90 Å². The molecule has 0 radical (unpaired) electrons. The lowest BCUT2D eigenvalue weighted by molar-refractivity contribution is 0.0696. The van der Waals surface area contributed by atoms with Gasteiger partial charge >= 0.3 is 12.1 Å². The number of benzene rings is 1. The minimum atomic E-state index is -1.02. The van der Waals surface area contributed by atoms with Crippen molar-refractivity contribution in [3.8, 4) is 0 Å². The van der Waals surface area contributed by atoms with Crippen LogP contribution in [0, 0.1) is 0 Å². The number of nitrogens with two attached hydrogens (primary N) is 1. The lowest BCUT2D eigenvalue weighted by Crippen LogP contribution is -2.36. The summed E-state index contributed by atoms with van der Waals surface area (Å²) in [7, 11) is 1.33. The Morgan fingerprint density at radius 3 is 2.95 bits per heavy atom. The van der Waals surface area contributed by atoms with Crippen LogP contribution in [-0.2, 0) is 11.3 Å². The SMILES string of the molecule is COC(=O)NC1CCN(Cc2cccc(N)c2C(=O)O)C1. The summed E-state index contributed by atoms with van der Waals surface area (Å²) in [5.41, 5.74) is 6.84. The highest BCUT2D eigenvalue weighted by atomic mass is 16.5. The molecule has 0 saturated carbocycles. The van der Waals surface area contributed by atoms with Crippen molar-refractivity contribution in [3.05, 3.63) is 29.3 Å². The van der Waals surface area contributed by atoms with E-state index in [0.717, 1.165) is 13.0 Å². The maximum absolute atomic E-state index is 11.3. The van der Waals surface area contributed by atoms with Crippen LogP contribution in [-0.4, -0.2) is 48.3 Å². The third-order valence-electron chi connectivity index (χ3n) is 3.57. The van der Waals surface area contributed by atoms with Gasteiger partial charge in [0.15, 0.2) is 0 Å². The number of carboxylic acid groups (broad SMARTS) is 1. The number of anilines is 1. The molecular weight excluding hydrogens is 274 g/mol. The van der Waals surface area contributed by atoms with Crippen LogP contribution in [0.1, 0.15) is 22.3 Å². The molecule has 7 heteroatoms. The van der Waals surface area contributed by atoms with Gasteiger partial charge in [-0.1, -0.05) is 12.1 Å². The van der Waals surface area contributed by atoms with Crippen LogP contribution in [0.5, 0.6) is 0 Å². The Kier molecular flexibility index (Phi) is 4.64. The molecule has 1 aromatic rings. The van der Waals surface area contributed by atoms with Crippen molar-refractivity contribution in [1.82, 2.24) is 10.2 Å². The van der Waals surface area contributed by atoms with Crippen molar-refractivity contribution < 1.29 is 19.4 Å². The van der Waals surface area contributed by atoms with Crippen LogP contribution in [0.3, 0.4) is 0 Å². The van der Waals surface area contributed by atoms with Crippen LogP contribution in [0.15, 0.2) is 18.2 Å². The van der Waals surface area contributed by atoms with E-state index in [1.165, 1.54) is 7.11 Å². The van der Waals surface area contributed by atoms with Crippen LogP contribution < -0.4 is 11.1 Å². The monoisotopic (exact) mass is 293 g/mol. The Hall–Kier alpha value is -2.28. The standard InChI is InChI=1S/C14H19N3O4/c1-21-14(20)16-10-5-6-17(8-10)7-9-3-2-4-11(15)12(9)13(18)19/h2-4,10H,5-8,15H2,1H3,(H,16,20)(H,18,19). The fourth-order valence-corrected chi connectivity index (χ4v) is 2.57. The molecular formula is C14H19N3O4. The number of carbonyl (C=O) groups is 2. The van der Waals surface area contributed by atoms with Gasteiger partial charge in [-0.05, 0) is 18.1 Å². The molecule has 114 valence electrons. The summed E-state index contributed by atoms with van der Waals surface area (Å²) in [5.74, 6) is -1.02. The van der Waals surface area contributed by atoms with Gasteiger partial charge < -0.3 is 20.9 Å². The number of carbonyl (C=O) groups excluding carboxylic acids is 1. The molecule has 21 heavy (non-hydrogen) atoms. The van der Waals surface area contributed by atoms with Gasteiger partial charge in [-0.15, -0.1) is 0 Å². The molecule has 1 fully saturated rings. The molecule has 1 saturated heterocycles. The molecule has 0 aliphatic carbocycles. The molecule has 4 N–H and O–H groups in total. The Morgan fingerprint density at radius 1 is 1.52 bits per heavy atom. The molecule has 0 aromatic heterocycles. The summed E-state index contributed by atoms with van der Waals surface area (Å²) in [5, 5.41) is 12.0. The number of rotatable bonds is 4. The van der Waals surface area contributed by atoms with Gasteiger partial charge in [0.1, 0.15) is 0 Å². The van der Waals surface area contributed by atoms with Gasteiger partial charge in [0.05, 0.1) is 12.7 Å². The summed E-state index contributed by atoms with van der Waals surface area (Å²) >= 11 is 0. The topological polar surface area (TPSA) is 105 Å². The van der Waals surface area contributed by atoms with E-state index in [4.69, 9.17) is 5.73 Å². The molecule has 0 bridgehead atoms. The first-order valence-corrected chi connectivity index (χ1v) is 6.68. The fraction of sp³-hybridized carbons (Fsp3) is 0.429. The summed E-state index contributed by atoms with van der Waals surface area (Å²) in [6.45, 7) is 1.93. The van der Waals surface area contributed by atoms with Crippen LogP contribution in [0.4, 0.5) is 10.5 Å². The van der Waals surface area contributed by atoms with E-state index in [1.807, 2.05) is 0 Å². The number of hydrogen-bond donors (Lipinski definition) is 3. The second-order valence-electron chi connectivity index (χ2n) is 5.04. The van der Waals surface area contributed by atoms with Crippen LogP contribution >= 0.6 is 0 Å². The van der Waals surface area contributed by atoms with E-state index >= 15 is 0 Å². The molecule has 1 atom stereocenters. The molecule has 2 rings (SSSR count). The Morgan fingerprint density at radius 2 is 2.29 bits per heavy atom. The van der Waals surface area contributed by atoms with Crippen LogP contribution in [0.2, 0.25) is 0 Å². The third-order valence-corrected chi connectivity index (χ3v) is 3.57. The number of aromatic carboxylic acids is 1. The number of ether oxygens (including phenoxy) is 1. The first-order chi connectivity index (χ1) is 10.0. The van der Waals surface area contributed by atoms with E-state index in [1.54, 1.807) is 18.2 Å². The van der Waals surface area contributed by atoms with Gasteiger partial charge in [0.25, 0.3) is 0 Å². The number of amides is 1. The maximum atomic E-state index is 11.3. The molecule has 1 unspecified atom stereocenters. The lowest BCUT2D eigenvalue weighted by Gasteiger charge is -2.18. The van der Waals surface area contributed by atoms with E-state index in [2.05, 4.69) is 15.0 Å². The average Bonchev–Trinajstić information content (AvgIpc) is 2.85. The first-order valence-electron chi connectivity index (χ1n) is 6.68. The molecule has 1 heterocycles. The molecule has 1 amide bonds. The summed E-state index contributed by atoms with van der Waals surface area (Å²) in [6, 6.07) is 5.11. The molecule has 1 aliphatic heterocycles. The highest BCUT2D eigenvalue weighted by Gasteiger charge is 2.25. The molecule has 7 nitrogen and oxygen atoms in total. The first kappa shape index (κ1) is 15.1. The minimum Gasteiger partial charge on any atom is -0.478 e. The van der Waals surface area contributed by atoms with Crippen molar-refractivity contribution in [2.24, 2.45) is 0 Å². The highest BCUT2D eigenvalue weighted by molar-refractivity contribution is 5.95. The second kappa shape index (κ2) is 6.45. The quantitative estimate of drug-likeness (QED) is 0.712. The Balaban J connectivity index is 2.02. The third kappa shape index (κ3) is 3.63. The largest absolute Gasteiger partial charge is 0.478 e. The highest BCUT2D eigenvalue weighted by Crippen LogP contribution is 2.21. The Bertz CT molecular complexity index is 547. The van der Waals surface area contributed by atoms with Gasteiger partial charge in [0, 0.05) is 31.4 Å². The number of nitrogens with one attached hydrogen (secondary N) is 1. The second-order valence-corrected chi connectivity index (χ2v) is 5.04. The van der Waals surface area contributed by atoms with Crippen LogP contribution in [0.25, 0.3) is 0 Å². The van der Waals surface area contributed by atoms with E-state index in [0.29, 0.717) is 18.7 Å². The summed E-state index contributed by atoms with van der Waals surface area (Å²) in [6.07, 6.45) is 0.358. The number of methoxy groups -OCH3 is 1. The number of hydrogen-bond acceptors (Lipinski definition) is 5. The number of likely N-dealkylation sites (tertiary alicyclic amines) is 1. The number of nitrogen functional groups attached to an aromatic ring is 1. The maximum Gasteiger partial charge on any atom is 0.407 e.